The van der Waals surface area contributed by atoms with Crippen LogP contribution in [0.2, 0.25) is 0 Å². The van der Waals surface area contributed by atoms with Crippen LogP contribution in [0.15, 0.2) is 48.5 Å². The highest BCUT2D eigenvalue weighted by molar-refractivity contribution is 5.98. The molecular formula is C15H14N4. The Balaban J connectivity index is 2.23. The Labute approximate surface area is 111 Å². The maximum atomic E-state index is 7.48. The van der Waals surface area contributed by atoms with Crippen molar-refractivity contribution in [1.29, 1.82) is 5.41 Å². The van der Waals surface area contributed by atoms with Gasteiger partial charge in [-0.2, -0.15) is 0 Å². The third kappa shape index (κ3) is 1.87. The molecule has 0 aliphatic rings. The third-order valence-corrected chi connectivity index (χ3v) is 3.22. The Kier molecular flexibility index (Phi) is 2.56. The first kappa shape index (κ1) is 11.5. The van der Waals surface area contributed by atoms with E-state index in [9.17, 15) is 0 Å². The summed E-state index contributed by atoms with van der Waals surface area (Å²) in [4.78, 5) is 4.64. The SMILES string of the molecule is Cn1c(-c2ccccc2)nc2cc(C(=N)N)ccc21. The van der Waals surface area contributed by atoms with Gasteiger partial charge in [0.05, 0.1) is 11.0 Å². The number of nitrogen functional groups attached to an aromatic ring is 1. The van der Waals surface area contributed by atoms with Crippen LogP contribution in [0.3, 0.4) is 0 Å². The van der Waals surface area contributed by atoms with Crippen LogP contribution in [-0.4, -0.2) is 15.4 Å². The van der Waals surface area contributed by atoms with Crippen LogP contribution in [0.1, 0.15) is 5.56 Å². The van der Waals surface area contributed by atoms with Crippen molar-refractivity contribution in [3.05, 3.63) is 54.1 Å². The molecule has 0 unspecified atom stereocenters. The first-order valence-electron chi connectivity index (χ1n) is 6.03. The minimum absolute atomic E-state index is 0.0637. The Morgan fingerprint density at radius 3 is 2.58 bits per heavy atom. The van der Waals surface area contributed by atoms with Crippen LogP contribution in [0.4, 0.5) is 0 Å². The summed E-state index contributed by atoms with van der Waals surface area (Å²) < 4.78 is 2.05. The van der Waals surface area contributed by atoms with Crippen molar-refractivity contribution in [2.24, 2.45) is 12.8 Å². The number of aryl methyl sites for hydroxylation is 1. The lowest BCUT2D eigenvalue weighted by Gasteiger charge is -2.02. The molecule has 1 heterocycles. The highest BCUT2D eigenvalue weighted by Gasteiger charge is 2.10. The number of benzene rings is 2. The van der Waals surface area contributed by atoms with E-state index in [1.165, 1.54) is 0 Å². The lowest BCUT2D eigenvalue weighted by atomic mass is 10.2. The van der Waals surface area contributed by atoms with Gasteiger partial charge in [0.15, 0.2) is 0 Å². The smallest absolute Gasteiger partial charge is 0.140 e. The molecule has 94 valence electrons. The Morgan fingerprint density at radius 2 is 1.89 bits per heavy atom. The van der Waals surface area contributed by atoms with Gasteiger partial charge in [-0.05, 0) is 18.2 Å². The minimum Gasteiger partial charge on any atom is -0.384 e. The van der Waals surface area contributed by atoms with E-state index in [1.807, 2.05) is 55.6 Å². The molecular weight excluding hydrogens is 236 g/mol. The molecule has 0 bridgehead atoms. The molecule has 0 radical (unpaired) electrons. The topological polar surface area (TPSA) is 67.7 Å². The molecule has 3 aromatic rings. The molecule has 3 rings (SSSR count). The predicted octanol–water partition coefficient (Wildman–Crippen LogP) is 2.52. The van der Waals surface area contributed by atoms with Crippen LogP contribution in [0, 0.1) is 5.41 Å². The number of hydrogen-bond acceptors (Lipinski definition) is 2. The first-order chi connectivity index (χ1) is 9.16. The lowest BCUT2D eigenvalue weighted by molar-refractivity contribution is 0.959. The van der Waals surface area contributed by atoms with Crippen molar-refractivity contribution in [3.8, 4) is 11.4 Å². The second kappa shape index (κ2) is 4.24. The highest BCUT2D eigenvalue weighted by atomic mass is 15.1. The van der Waals surface area contributed by atoms with Gasteiger partial charge in [-0.1, -0.05) is 30.3 Å². The highest BCUT2D eigenvalue weighted by Crippen LogP contribution is 2.24. The Morgan fingerprint density at radius 1 is 1.16 bits per heavy atom. The number of nitrogens with one attached hydrogen (secondary N) is 1. The van der Waals surface area contributed by atoms with E-state index in [0.717, 1.165) is 22.4 Å². The average Bonchev–Trinajstić information content (AvgIpc) is 2.76. The second-order valence-corrected chi connectivity index (χ2v) is 4.48. The van der Waals surface area contributed by atoms with E-state index < -0.39 is 0 Å². The molecule has 4 heteroatoms. The number of nitrogens with two attached hydrogens (primary N) is 1. The summed E-state index contributed by atoms with van der Waals surface area (Å²) in [5.41, 5.74) is 9.17. The lowest BCUT2D eigenvalue weighted by Crippen LogP contribution is -2.10. The largest absolute Gasteiger partial charge is 0.384 e. The minimum atomic E-state index is 0.0637. The summed E-state index contributed by atoms with van der Waals surface area (Å²) >= 11 is 0. The normalized spacial score (nSPS) is 10.8. The summed E-state index contributed by atoms with van der Waals surface area (Å²) in [5.74, 6) is 0.977. The fraction of sp³-hybridized carbons (Fsp3) is 0.0667. The van der Waals surface area contributed by atoms with E-state index in [1.54, 1.807) is 0 Å². The van der Waals surface area contributed by atoms with Gasteiger partial charge in [0.2, 0.25) is 0 Å². The van der Waals surface area contributed by atoms with E-state index in [0.29, 0.717) is 5.56 Å². The predicted molar refractivity (Wildman–Crippen MR) is 77.2 cm³/mol. The zero-order valence-corrected chi connectivity index (χ0v) is 10.6. The molecule has 0 saturated carbocycles. The Hall–Kier alpha value is -2.62. The molecule has 4 nitrogen and oxygen atoms in total. The molecule has 3 N–H and O–H groups in total. The average molecular weight is 250 g/mol. The van der Waals surface area contributed by atoms with Crippen molar-refractivity contribution in [1.82, 2.24) is 9.55 Å². The number of fused-ring (bicyclic) bond motifs is 1. The van der Waals surface area contributed by atoms with Crippen molar-refractivity contribution in [2.75, 3.05) is 0 Å². The van der Waals surface area contributed by atoms with E-state index in [4.69, 9.17) is 11.1 Å². The monoisotopic (exact) mass is 250 g/mol. The molecule has 0 spiro atoms. The molecule has 0 atom stereocenters. The fourth-order valence-electron chi connectivity index (χ4n) is 2.21. The van der Waals surface area contributed by atoms with Crippen LogP contribution < -0.4 is 5.73 Å². The molecule has 1 aromatic heterocycles. The number of aromatic nitrogens is 2. The molecule has 0 amide bonds. The standard InChI is InChI=1S/C15H14N4/c1-19-13-8-7-11(14(16)17)9-12(13)18-15(19)10-5-3-2-4-6-10/h2-9H,1H3,(H3,16,17). The van der Waals surface area contributed by atoms with Gasteiger partial charge in [-0.15, -0.1) is 0 Å². The zero-order valence-electron chi connectivity index (χ0n) is 10.6. The second-order valence-electron chi connectivity index (χ2n) is 4.48. The van der Waals surface area contributed by atoms with Crippen molar-refractivity contribution in [2.45, 2.75) is 0 Å². The summed E-state index contributed by atoms with van der Waals surface area (Å²) in [7, 11) is 1.99. The Bertz CT molecular complexity index is 756. The van der Waals surface area contributed by atoms with Crippen LogP contribution in [0.5, 0.6) is 0 Å². The molecule has 0 fully saturated rings. The van der Waals surface area contributed by atoms with Crippen molar-refractivity contribution in [3.63, 3.8) is 0 Å². The molecule has 19 heavy (non-hydrogen) atoms. The van der Waals surface area contributed by atoms with Crippen LogP contribution in [0.25, 0.3) is 22.4 Å². The number of hydrogen-bond donors (Lipinski definition) is 2. The van der Waals surface area contributed by atoms with E-state index in [2.05, 4.69) is 9.55 Å². The van der Waals surface area contributed by atoms with Gasteiger partial charge in [-0.3, -0.25) is 5.41 Å². The number of imidazole rings is 1. The first-order valence-corrected chi connectivity index (χ1v) is 6.03. The molecule has 0 saturated heterocycles. The molecule has 0 aliphatic heterocycles. The van der Waals surface area contributed by atoms with E-state index in [-0.39, 0.29) is 5.84 Å². The van der Waals surface area contributed by atoms with Gasteiger partial charge in [0, 0.05) is 18.2 Å². The maximum Gasteiger partial charge on any atom is 0.140 e. The van der Waals surface area contributed by atoms with Crippen molar-refractivity contribution >= 4 is 16.9 Å². The summed E-state index contributed by atoms with van der Waals surface area (Å²) in [5, 5.41) is 7.48. The maximum absolute atomic E-state index is 7.48. The van der Waals surface area contributed by atoms with Gasteiger partial charge in [0.1, 0.15) is 11.7 Å². The van der Waals surface area contributed by atoms with Crippen LogP contribution in [-0.2, 0) is 7.05 Å². The van der Waals surface area contributed by atoms with Gasteiger partial charge in [-0.25, -0.2) is 4.98 Å². The van der Waals surface area contributed by atoms with E-state index >= 15 is 0 Å². The fourth-order valence-corrected chi connectivity index (χ4v) is 2.21. The van der Waals surface area contributed by atoms with Gasteiger partial charge >= 0.3 is 0 Å². The van der Waals surface area contributed by atoms with Gasteiger partial charge in [0.25, 0.3) is 0 Å². The quantitative estimate of drug-likeness (QED) is 0.542. The van der Waals surface area contributed by atoms with Gasteiger partial charge < -0.3 is 10.3 Å². The third-order valence-electron chi connectivity index (χ3n) is 3.22. The molecule has 2 aromatic carbocycles. The zero-order chi connectivity index (χ0) is 13.4. The summed E-state index contributed by atoms with van der Waals surface area (Å²) in [6.45, 7) is 0. The number of rotatable bonds is 2. The summed E-state index contributed by atoms with van der Waals surface area (Å²) in [6, 6.07) is 15.7. The number of nitrogens with zero attached hydrogens (tertiary/aromatic N) is 2. The van der Waals surface area contributed by atoms with Crippen molar-refractivity contribution < 1.29 is 0 Å². The van der Waals surface area contributed by atoms with Crippen LogP contribution >= 0.6 is 0 Å². The summed E-state index contributed by atoms with van der Waals surface area (Å²) in [6.07, 6.45) is 0. The molecule has 0 aliphatic carbocycles. The number of amidine groups is 1.